The number of hydrogen-bond donors (Lipinski definition) is 1. The summed E-state index contributed by atoms with van der Waals surface area (Å²) in [6, 6.07) is 11.7. The van der Waals surface area contributed by atoms with Crippen molar-refractivity contribution in [3.8, 4) is 17.2 Å². The van der Waals surface area contributed by atoms with Crippen molar-refractivity contribution >= 4 is 62.4 Å². The molecule has 1 N–H and O–H groups in total. The zero-order valence-electron chi connectivity index (χ0n) is 30.1. The molecule has 1 amide bonds. The number of nitrogens with one attached hydrogen (secondary N) is 1. The van der Waals surface area contributed by atoms with Crippen LogP contribution >= 0.6 is 34.7 Å². The standard InChI is InChI=1S/C41H41Cl2FN6O2S/c1-19-18-53-48-37(19)22(4)52-33-16-32(49(21(33)3)41(51)23-10-11-23)31-15-27-20(2)47-38-28(40(27)50(31)39-25-14-30(39)46-17-25)13-24(7-6-12-45)34(36(38)44)26-8-5-9-29(42)35(26)43/h5,8-9,13,15,18,21-23,25,30,32-33,39,46H,6-7,10-11,14,16-17H2,1-4H3/t21-,22?,25-,30-,32-,33+,39+/m1/s1. The van der Waals surface area contributed by atoms with Gasteiger partial charge in [0.15, 0.2) is 5.82 Å². The second-order valence-electron chi connectivity index (χ2n) is 15.5. The lowest BCUT2D eigenvalue weighted by molar-refractivity contribution is -0.137. The van der Waals surface area contributed by atoms with Gasteiger partial charge in [-0.3, -0.25) is 4.79 Å². The van der Waals surface area contributed by atoms with Crippen LogP contribution in [0.3, 0.4) is 0 Å². The normalized spacial score (nSPS) is 25.7. The Morgan fingerprint density at radius 2 is 2.02 bits per heavy atom. The van der Waals surface area contributed by atoms with Crippen molar-refractivity contribution in [3.05, 3.63) is 79.8 Å². The van der Waals surface area contributed by atoms with Gasteiger partial charge in [0.05, 0.1) is 57.7 Å². The van der Waals surface area contributed by atoms with Crippen LogP contribution in [0.25, 0.3) is 32.9 Å². The fraction of sp³-hybridized carbons (Fsp3) is 0.463. The van der Waals surface area contributed by atoms with Gasteiger partial charge >= 0.3 is 0 Å². The van der Waals surface area contributed by atoms with E-state index in [1.54, 1.807) is 18.2 Å². The van der Waals surface area contributed by atoms with E-state index in [4.69, 9.17) is 32.9 Å². The number of hydrogen-bond acceptors (Lipinski definition) is 7. The molecule has 3 aromatic heterocycles. The molecular weight excluding hydrogens is 730 g/mol. The van der Waals surface area contributed by atoms with Gasteiger partial charge in [-0.1, -0.05) is 35.3 Å². The molecular formula is C41H41Cl2FN6O2S. The van der Waals surface area contributed by atoms with Gasteiger partial charge in [-0.05, 0) is 100 Å². The summed E-state index contributed by atoms with van der Waals surface area (Å²) >= 11 is 14.6. The third-order valence-electron chi connectivity index (χ3n) is 12.3. The molecule has 6 heterocycles. The number of aromatic nitrogens is 3. The van der Waals surface area contributed by atoms with Crippen molar-refractivity contribution in [2.24, 2.45) is 11.8 Å². The third kappa shape index (κ3) is 5.60. The quantitative estimate of drug-likeness (QED) is 0.160. The first kappa shape index (κ1) is 35.1. The Kier molecular flexibility index (Phi) is 8.82. The second-order valence-corrected chi connectivity index (χ2v) is 16.9. The Morgan fingerprint density at radius 1 is 1.21 bits per heavy atom. The van der Waals surface area contributed by atoms with E-state index in [2.05, 4.69) is 45.1 Å². The van der Waals surface area contributed by atoms with E-state index in [1.165, 1.54) is 11.5 Å². The van der Waals surface area contributed by atoms with Crippen LogP contribution in [0.2, 0.25) is 10.0 Å². The zero-order chi connectivity index (χ0) is 36.9. The molecule has 3 aliphatic heterocycles. The number of fused-ring (bicyclic) bond motifs is 4. The highest BCUT2D eigenvalue weighted by Crippen LogP contribution is 2.52. The predicted octanol–water partition coefficient (Wildman–Crippen LogP) is 9.58. The molecule has 2 bridgehead atoms. The summed E-state index contributed by atoms with van der Waals surface area (Å²) in [6.07, 6.45) is 3.67. The molecule has 0 spiro atoms. The monoisotopic (exact) mass is 770 g/mol. The molecule has 12 heteroatoms. The van der Waals surface area contributed by atoms with Crippen molar-refractivity contribution in [1.29, 1.82) is 5.26 Å². The highest BCUT2D eigenvalue weighted by molar-refractivity contribution is 7.03. The number of carbonyl (C=O) groups is 1. The summed E-state index contributed by atoms with van der Waals surface area (Å²) in [7, 11) is 0. The minimum absolute atomic E-state index is 0.0362. The maximum Gasteiger partial charge on any atom is 0.226 e. The zero-order valence-corrected chi connectivity index (χ0v) is 32.5. The Morgan fingerprint density at radius 3 is 2.70 bits per heavy atom. The van der Waals surface area contributed by atoms with E-state index in [0.717, 1.165) is 53.7 Å². The van der Waals surface area contributed by atoms with E-state index < -0.39 is 5.82 Å². The number of pyridine rings is 1. The molecule has 10 rings (SSSR count). The maximum absolute atomic E-state index is 17.3. The number of ether oxygens (including phenoxy) is 1. The lowest BCUT2D eigenvalue weighted by atomic mass is 9.79. The molecule has 5 aromatic rings. The summed E-state index contributed by atoms with van der Waals surface area (Å²) in [4.78, 5) is 21.3. The van der Waals surface area contributed by atoms with Crippen LogP contribution in [-0.2, 0) is 16.0 Å². The molecule has 5 aliphatic rings. The number of benzene rings is 2. The van der Waals surface area contributed by atoms with Crippen LogP contribution in [0.4, 0.5) is 4.39 Å². The number of likely N-dealkylation sites (tertiary alicyclic amines) is 1. The third-order valence-corrected chi connectivity index (χ3v) is 13.9. The molecule has 2 saturated carbocycles. The summed E-state index contributed by atoms with van der Waals surface area (Å²) in [6.45, 7) is 9.08. The summed E-state index contributed by atoms with van der Waals surface area (Å²) in [5.74, 6) is 0.157. The predicted molar refractivity (Wildman–Crippen MR) is 207 cm³/mol. The van der Waals surface area contributed by atoms with Crippen LogP contribution in [0.5, 0.6) is 0 Å². The van der Waals surface area contributed by atoms with Gasteiger partial charge in [0.25, 0.3) is 0 Å². The van der Waals surface area contributed by atoms with Crippen LogP contribution in [0, 0.1) is 42.8 Å². The second kappa shape index (κ2) is 13.3. The largest absolute Gasteiger partial charge is 0.367 e. The van der Waals surface area contributed by atoms with Crippen LogP contribution in [-0.4, -0.2) is 49.5 Å². The molecule has 3 saturated heterocycles. The highest BCUT2D eigenvalue weighted by atomic mass is 35.5. The number of halogens is 3. The fourth-order valence-electron chi connectivity index (χ4n) is 9.44. The lowest BCUT2D eigenvalue weighted by Crippen LogP contribution is -2.43. The van der Waals surface area contributed by atoms with Crippen molar-refractivity contribution in [3.63, 3.8) is 0 Å². The number of nitriles is 1. The highest BCUT2D eigenvalue weighted by Gasteiger charge is 2.52. The molecule has 8 nitrogen and oxygen atoms in total. The van der Waals surface area contributed by atoms with Gasteiger partial charge in [-0.15, -0.1) is 0 Å². The van der Waals surface area contributed by atoms with Crippen LogP contribution in [0.1, 0.15) is 92.3 Å². The first-order valence-electron chi connectivity index (χ1n) is 18.7. The Labute approximate surface area is 322 Å². The number of carbonyl (C=O) groups excluding carboxylic acids is 1. The molecule has 53 heavy (non-hydrogen) atoms. The summed E-state index contributed by atoms with van der Waals surface area (Å²) < 4.78 is 31.1. The van der Waals surface area contributed by atoms with Gasteiger partial charge in [0.2, 0.25) is 5.91 Å². The Hall–Kier alpha value is -3.59. The van der Waals surface area contributed by atoms with Gasteiger partial charge < -0.3 is 19.5 Å². The van der Waals surface area contributed by atoms with E-state index in [-0.39, 0.29) is 65.2 Å². The van der Waals surface area contributed by atoms with Gasteiger partial charge in [0, 0.05) is 70.0 Å². The fourth-order valence-corrected chi connectivity index (χ4v) is 10.6. The van der Waals surface area contributed by atoms with E-state index >= 15 is 4.39 Å². The van der Waals surface area contributed by atoms with Crippen molar-refractivity contribution in [2.45, 2.75) is 103 Å². The maximum atomic E-state index is 17.3. The molecule has 274 valence electrons. The smallest absolute Gasteiger partial charge is 0.226 e. The van der Waals surface area contributed by atoms with Gasteiger partial charge in [-0.25, -0.2) is 9.37 Å². The molecule has 1 unspecified atom stereocenters. The Balaban J connectivity index is 1.26. The van der Waals surface area contributed by atoms with Gasteiger partial charge in [0.1, 0.15) is 5.52 Å². The van der Waals surface area contributed by atoms with Crippen molar-refractivity contribution in [2.75, 3.05) is 6.54 Å². The topological polar surface area (TPSA) is 96.1 Å². The molecule has 7 atom stereocenters. The van der Waals surface area contributed by atoms with E-state index in [9.17, 15) is 10.1 Å². The average molecular weight is 772 g/mol. The number of aryl methyl sites for hydroxylation is 3. The van der Waals surface area contributed by atoms with Crippen molar-refractivity contribution < 1.29 is 13.9 Å². The van der Waals surface area contributed by atoms with Gasteiger partial charge in [-0.2, -0.15) is 9.64 Å². The average Bonchev–Trinajstić information content (AvgIpc) is 3.50. The molecule has 5 fully saturated rings. The summed E-state index contributed by atoms with van der Waals surface area (Å²) in [5.41, 5.74) is 6.48. The van der Waals surface area contributed by atoms with E-state index in [1.807, 2.05) is 25.3 Å². The first-order valence-corrected chi connectivity index (χ1v) is 20.3. The first-order chi connectivity index (χ1) is 25.6. The minimum Gasteiger partial charge on any atom is -0.367 e. The molecule has 0 radical (unpaired) electrons. The van der Waals surface area contributed by atoms with Crippen molar-refractivity contribution in [1.82, 2.24) is 24.1 Å². The number of amides is 1. The van der Waals surface area contributed by atoms with E-state index in [0.29, 0.717) is 51.6 Å². The SMILES string of the molecule is Cc1csnc1C(C)O[C@H]1C[C@H](c2cc3c(C)nc4c(F)c(-c5cccc(Cl)c5Cl)c(CCC#N)cc4c3n2[C@H]2[C@H]3CN[C@@H]2C3)N(C(=O)C2CC2)[C@@H]1C. The Bertz CT molecular complexity index is 2330. The number of nitrogens with zero attached hydrogens (tertiary/aromatic N) is 5. The van der Waals surface area contributed by atoms with Crippen LogP contribution < -0.4 is 5.32 Å². The number of rotatable bonds is 9. The molecule has 2 aromatic carbocycles. The minimum atomic E-state index is -0.478. The van der Waals surface area contributed by atoms with Crippen LogP contribution in [0.15, 0.2) is 35.7 Å². The molecule has 2 aliphatic carbocycles. The summed E-state index contributed by atoms with van der Waals surface area (Å²) in [5, 5.41) is 17.6. The lowest BCUT2D eigenvalue weighted by Gasteiger charge is -2.39.